The zero-order valence-corrected chi connectivity index (χ0v) is 12.8. The van der Waals surface area contributed by atoms with Crippen molar-refractivity contribution in [2.75, 3.05) is 18.0 Å². The van der Waals surface area contributed by atoms with Crippen molar-refractivity contribution < 1.29 is 4.74 Å². The van der Waals surface area contributed by atoms with Crippen LogP contribution in [0.3, 0.4) is 0 Å². The molecule has 20 heavy (non-hydrogen) atoms. The number of hydrogen-bond donors (Lipinski definition) is 0. The topological polar surface area (TPSA) is 38.2 Å². The molecule has 1 aliphatic heterocycles. The van der Waals surface area contributed by atoms with E-state index in [9.17, 15) is 0 Å². The van der Waals surface area contributed by atoms with Crippen LogP contribution >= 0.6 is 23.1 Å². The fourth-order valence-electron chi connectivity index (χ4n) is 2.25. The van der Waals surface area contributed by atoms with Crippen LogP contribution in [0.15, 0.2) is 24.3 Å². The Balaban J connectivity index is 1.62. The van der Waals surface area contributed by atoms with E-state index in [-0.39, 0.29) is 6.10 Å². The minimum atomic E-state index is 0.183. The first-order valence-electron chi connectivity index (χ1n) is 6.74. The molecule has 1 aromatic carbocycles. The summed E-state index contributed by atoms with van der Waals surface area (Å²) in [5.41, 5.74) is 0. The number of benzene rings is 1. The van der Waals surface area contributed by atoms with Gasteiger partial charge in [0.15, 0.2) is 0 Å². The Morgan fingerprint density at radius 1 is 1.50 bits per heavy atom. The van der Waals surface area contributed by atoms with E-state index in [1.165, 1.54) is 11.5 Å². The standard InChI is InChI=1S/C14H16ClN3OS/c1-2-13-16-14(20-17-13)18-7-6-12(9-18)19-11-5-3-4-10(15)8-11/h3-5,8,12H,2,6-7,9H2,1H3. The molecule has 1 unspecified atom stereocenters. The van der Waals surface area contributed by atoms with Gasteiger partial charge in [-0.2, -0.15) is 4.37 Å². The molecule has 3 rings (SSSR count). The van der Waals surface area contributed by atoms with Gasteiger partial charge in [0.2, 0.25) is 5.13 Å². The van der Waals surface area contributed by atoms with Crippen LogP contribution in [0.4, 0.5) is 5.13 Å². The smallest absolute Gasteiger partial charge is 0.205 e. The molecule has 106 valence electrons. The molecule has 0 N–H and O–H groups in total. The quantitative estimate of drug-likeness (QED) is 0.867. The summed E-state index contributed by atoms with van der Waals surface area (Å²) in [5, 5.41) is 1.70. The molecule has 0 aliphatic carbocycles. The van der Waals surface area contributed by atoms with Gasteiger partial charge in [-0.3, -0.25) is 0 Å². The number of aryl methyl sites for hydroxylation is 1. The van der Waals surface area contributed by atoms with Crippen molar-refractivity contribution in [1.29, 1.82) is 0 Å². The second-order valence-electron chi connectivity index (χ2n) is 4.78. The number of nitrogens with zero attached hydrogens (tertiary/aromatic N) is 3. The Bertz CT molecular complexity index is 589. The first-order chi connectivity index (χ1) is 9.74. The number of aromatic nitrogens is 2. The maximum Gasteiger partial charge on any atom is 0.205 e. The Morgan fingerprint density at radius 3 is 3.15 bits per heavy atom. The Labute approximate surface area is 127 Å². The summed E-state index contributed by atoms with van der Waals surface area (Å²) in [4.78, 5) is 6.77. The van der Waals surface area contributed by atoms with Crippen LogP contribution < -0.4 is 9.64 Å². The third-order valence-corrected chi connectivity index (χ3v) is 4.34. The van der Waals surface area contributed by atoms with E-state index in [1.807, 2.05) is 24.3 Å². The summed E-state index contributed by atoms with van der Waals surface area (Å²) >= 11 is 7.44. The summed E-state index contributed by atoms with van der Waals surface area (Å²) in [6.07, 6.45) is 2.06. The van der Waals surface area contributed by atoms with Crippen LogP contribution in [0.1, 0.15) is 19.2 Å². The highest BCUT2D eigenvalue weighted by molar-refractivity contribution is 7.09. The molecule has 0 bridgehead atoms. The van der Waals surface area contributed by atoms with E-state index in [2.05, 4.69) is 21.2 Å². The number of halogens is 1. The van der Waals surface area contributed by atoms with E-state index >= 15 is 0 Å². The van der Waals surface area contributed by atoms with Gasteiger partial charge in [0, 0.05) is 35.9 Å². The third kappa shape index (κ3) is 3.04. The highest BCUT2D eigenvalue weighted by Crippen LogP contribution is 2.26. The lowest BCUT2D eigenvalue weighted by molar-refractivity contribution is 0.225. The molecule has 1 aliphatic rings. The number of hydrogen-bond acceptors (Lipinski definition) is 5. The molecule has 0 spiro atoms. The van der Waals surface area contributed by atoms with Gasteiger partial charge >= 0.3 is 0 Å². The van der Waals surface area contributed by atoms with Gasteiger partial charge in [-0.15, -0.1) is 0 Å². The van der Waals surface area contributed by atoms with Crippen molar-refractivity contribution in [3.63, 3.8) is 0 Å². The average molecular weight is 310 g/mol. The number of ether oxygens (including phenoxy) is 1. The molecule has 0 saturated carbocycles. The van der Waals surface area contributed by atoms with E-state index < -0.39 is 0 Å². The van der Waals surface area contributed by atoms with Gasteiger partial charge in [0.05, 0.1) is 6.54 Å². The fraction of sp³-hybridized carbons (Fsp3) is 0.429. The molecule has 0 amide bonds. The molecule has 2 heterocycles. The van der Waals surface area contributed by atoms with Crippen LogP contribution in [0.25, 0.3) is 0 Å². The van der Waals surface area contributed by atoms with Crippen LogP contribution in [0, 0.1) is 0 Å². The van der Waals surface area contributed by atoms with Crippen LogP contribution in [-0.4, -0.2) is 28.6 Å². The minimum Gasteiger partial charge on any atom is -0.488 e. The second kappa shape index (κ2) is 5.97. The van der Waals surface area contributed by atoms with E-state index in [1.54, 1.807) is 0 Å². The lowest BCUT2D eigenvalue weighted by atomic mass is 10.3. The molecule has 2 aromatic rings. The minimum absolute atomic E-state index is 0.183. The SMILES string of the molecule is CCc1nsc(N2CCC(Oc3cccc(Cl)c3)C2)n1. The van der Waals surface area contributed by atoms with Crippen LogP contribution in [0.5, 0.6) is 5.75 Å². The molecule has 0 radical (unpaired) electrons. The molecular formula is C14H16ClN3OS. The molecule has 6 heteroatoms. The van der Waals surface area contributed by atoms with Crippen molar-refractivity contribution >= 4 is 28.3 Å². The van der Waals surface area contributed by atoms with Gasteiger partial charge in [0.25, 0.3) is 0 Å². The highest BCUT2D eigenvalue weighted by Gasteiger charge is 2.26. The van der Waals surface area contributed by atoms with E-state index in [0.29, 0.717) is 5.02 Å². The summed E-state index contributed by atoms with van der Waals surface area (Å²) in [7, 11) is 0. The summed E-state index contributed by atoms with van der Waals surface area (Å²) in [5.74, 6) is 1.75. The average Bonchev–Trinajstić information content (AvgIpc) is 3.07. The maximum absolute atomic E-state index is 5.97. The van der Waals surface area contributed by atoms with Crippen molar-refractivity contribution in [3.8, 4) is 5.75 Å². The first kappa shape index (κ1) is 13.6. The van der Waals surface area contributed by atoms with Gasteiger partial charge in [-0.05, 0) is 18.2 Å². The third-order valence-electron chi connectivity index (χ3n) is 3.29. The maximum atomic E-state index is 5.97. The molecule has 1 saturated heterocycles. The lowest BCUT2D eigenvalue weighted by Gasteiger charge is -2.15. The normalized spacial score (nSPS) is 18.5. The van der Waals surface area contributed by atoms with Gasteiger partial charge in [-0.1, -0.05) is 24.6 Å². The molecule has 4 nitrogen and oxygen atoms in total. The Morgan fingerprint density at radius 2 is 2.40 bits per heavy atom. The van der Waals surface area contributed by atoms with Gasteiger partial charge < -0.3 is 9.64 Å². The number of rotatable bonds is 4. The van der Waals surface area contributed by atoms with Gasteiger partial charge in [-0.25, -0.2) is 4.98 Å². The Hall–Kier alpha value is -1.33. The first-order valence-corrected chi connectivity index (χ1v) is 7.89. The molecule has 1 atom stereocenters. The van der Waals surface area contributed by atoms with E-state index in [0.717, 1.165) is 42.6 Å². The van der Waals surface area contributed by atoms with E-state index in [4.69, 9.17) is 16.3 Å². The van der Waals surface area contributed by atoms with Crippen molar-refractivity contribution in [2.24, 2.45) is 0 Å². The molecule has 1 fully saturated rings. The summed E-state index contributed by atoms with van der Waals surface area (Å²) < 4.78 is 10.3. The second-order valence-corrected chi connectivity index (χ2v) is 5.95. The van der Waals surface area contributed by atoms with Crippen LogP contribution in [-0.2, 0) is 6.42 Å². The Kier molecular flexibility index (Phi) is 4.08. The molecule has 1 aromatic heterocycles. The van der Waals surface area contributed by atoms with Crippen molar-refractivity contribution in [3.05, 3.63) is 35.1 Å². The van der Waals surface area contributed by atoms with Crippen molar-refractivity contribution in [1.82, 2.24) is 9.36 Å². The number of anilines is 1. The highest BCUT2D eigenvalue weighted by atomic mass is 35.5. The molecular weight excluding hydrogens is 294 g/mol. The predicted octanol–water partition coefficient (Wildman–Crippen LogP) is 3.41. The zero-order valence-electron chi connectivity index (χ0n) is 11.3. The fourth-order valence-corrected chi connectivity index (χ4v) is 3.21. The van der Waals surface area contributed by atoms with Gasteiger partial charge in [0.1, 0.15) is 17.7 Å². The zero-order chi connectivity index (χ0) is 13.9. The van der Waals surface area contributed by atoms with Crippen LogP contribution in [0.2, 0.25) is 5.02 Å². The summed E-state index contributed by atoms with van der Waals surface area (Å²) in [6.45, 7) is 3.88. The predicted molar refractivity (Wildman–Crippen MR) is 82.0 cm³/mol. The largest absolute Gasteiger partial charge is 0.488 e. The summed E-state index contributed by atoms with van der Waals surface area (Å²) in [6, 6.07) is 7.55. The van der Waals surface area contributed by atoms with Crippen molar-refractivity contribution in [2.45, 2.75) is 25.9 Å². The monoisotopic (exact) mass is 309 g/mol. The lowest BCUT2D eigenvalue weighted by Crippen LogP contribution is -2.24.